The van der Waals surface area contributed by atoms with Crippen LogP contribution < -0.4 is 0 Å². The van der Waals surface area contributed by atoms with E-state index in [2.05, 4.69) is 0 Å². The molecule has 2 aliphatic heterocycles. The number of amides is 4. The van der Waals surface area contributed by atoms with Crippen LogP contribution in [0.2, 0.25) is 0 Å². The quantitative estimate of drug-likeness (QED) is 0.422. The first-order valence-corrected chi connectivity index (χ1v) is 5.70. The van der Waals surface area contributed by atoms with Crippen LogP contribution in [0.4, 0.5) is 9.59 Å². The standard InChI is InChI=1S/C9H16N4O6/c14-2-1-10-6-7(12(4-16)8(10)18)13(5-17)9(19)11(6)3-15/h6-7,14-17H,1-5H2. The number of rotatable bonds is 5. The Hall–Kier alpha value is -1.62. The van der Waals surface area contributed by atoms with Gasteiger partial charge >= 0.3 is 12.1 Å². The number of hydrogen-bond acceptors (Lipinski definition) is 6. The van der Waals surface area contributed by atoms with Crippen molar-refractivity contribution in [3.8, 4) is 0 Å². The lowest BCUT2D eigenvalue weighted by atomic mass is 10.3. The third-order valence-corrected chi connectivity index (χ3v) is 3.32. The Bertz CT molecular complexity index is 378. The summed E-state index contributed by atoms with van der Waals surface area (Å²) in [7, 11) is 0. The van der Waals surface area contributed by atoms with Crippen LogP contribution in [0.5, 0.6) is 0 Å². The van der Waals surface area contributed by atoms with Gasteiger partial charge in [0.05, 0.1) is 6.61 Å². The van der Waals surface area contributed by atoms with Crippen molar-refractivity contribution in [2.24, 2.45) is 0 Å². The molecule has 2 saturated heterocycles. The molecule has 4 N–H and O–H groups in total. The van der Waals surface area contributed by atoms with Crippen molar-refractivity contribution in [3.63, 3.8) is 0 Å². The number of aliphatic hydroxyl groups is 4. The molecule has 2 atom stereocenters. The summed E-state index contributed by atoms with van der Waals surface area (Å²) in [6, 6.07) is -1.22. The summed E-state index contributed by atoms with van der Waals surface area (Å²) in [5.41, 5.74) is 0. The second-order valence-electron chi connectivity index (χ2n) is 4.14. The minimum atomic E-state index is -0.895. The number of carbonyl (C=O) groups is 2. The molecule has 0 saturated carbocycles. The van der Waals surface area contributed by atoms with Gasteiger partial charge in [0, 0.05) is 6.54 Å². The van der Waals surface area contributed by atoms with E-state index in [1.165, 1.54) is 4.90 Å². The van der Waals surface area contributed by atoms with Crippen LogP contribution in [0, 0.1) is 0 Å². The molecule has 0 aromatic heterocycles. The first kappa shape index (κ1) is 13.8. The Kier molecular flexibility index (Phi) is 3.75. The van der Waals surface area contributed by atoms with Crippen LogP contribution in [0.1, 0.15) is 0 Å². The summed E-state index contributed by atoms with van der Waals surface area (Å²) in [6.07, 6.45) is -1.75. The molecule has 0 aliphatic carbocycles. The van der Waals surface area contributed by atoms with Crippen molar-refractivity contribution in [1.82, 2.24) is 19.6 Å². The maximum absolute atomic E-state index is 12.0. The average Bonchev–Trinajstić information content (AvgIpc) is 2.82. The third-order valence-electron chi connectivity index (χ3n) is 3.32. The van der Waals surface area contributed by atoms with Gasteiger partial charge in [0.2, 0.25) is 0 Å². The number of hydrogen-bond donors (Lipinski definition) is 4. The SMILES string of the molecule is O=C1N(CO)C2C(N1CO)N(CCO)C(=O)N2CO. The van der Waals surface area contributed by atoms with E-state index < -0.39 is 44.6 Å². The first-order valence-electron chi connectivity index (χ1n) is 5.70. The maximum Gasteiger partial charge on any atom is 0.327 e. The van der Waals surface area contributed by atoms with E-state index in [0.29, 0.717) is 0 Å². The number of fused-ring (bicyclic) bond motifs is 1. The highest BCUT2D eigenvalue weighted by atomic mass is 16.3. The van der Waals surface area contributed by atoms with Crippen molar-refractivity contribution in [2.45, 2.75) is 12.3 Å². The van der Waals surface area contributed by atoms with Crippen molar-refractivity contribution < 1.29 is 30.0 Å². The second-order valence-corrected chi connectivity index (χ2v) is 4.14. The molecule has 0 bridgehead atoms. The summed E-state index contributed by atoms with van der Waals surface area (Å²) < 4.78 is 0. The zero-order chi connectivity index (χ0) is 14.2. The lowest BCUT2D eigenvalue weighted by Crippen LogP contribution is -2.48. The Morgan fingerprint density at radius 1 is 0.737 bits per heavy atom. The fourth-order valence-electron chi connectivity index (χ4n) is 2.53. The number of urea groups is 2. The maximum atomic E-state index is 12.0. The van der Waals surface area contributed by atoms with E-state index >= 15 is 0 Å². The van der Waals surface area contributed by atoms with Gasteiger partial charge < -0.3 is 20.4 Å². The molecule has 2 heterocycles. The molecular formula is C9H16N4O6. The lowest BCUT2D eigenvalue weighted by molar-refractivity contribution is 0.0221. The van der Waals surface area contributed by atoms with Gasteiger partial charge in [-0.05, 0) is 0 Å². The van der Waals surface area contributed by atoms with E-state index in [-0.39, 0.29) is 13.2 Å². The van der Waals surface area contributed by atoms with Crippen molar-refractivity contribution in [1.29, 1.82) is 0 Å². The lowest BCUT2D eigenvalue weighted by Gasteiger charge is -2.27. The fraction of sp³-hybridized carbons (Fsp3) is 0.778. The van der Waals surface area contributed by atoms with Gasteiger partial charge in [-0.3, -0.25) is 19.6 Å². The highest BCUT2D eigenvalue weighted by molar-refractivity contribution is 5.85. The van der Waals surface area contributed by atoms with Crippen LogP contribution in [0.3, 0.4) is 0 Å². The fourth-order valence-corrected chi connectivity index (χ4v) is 2.53. The zero-order valence-electron chi connectivity index (χ0n) is 10.1. The average molecular weight is 276 g/mol. The van der Waals surface area contributed by atoms with E-state index in [9.17, 15) is 24.9 Å². The Balaban J connectivity index is 2.38. The van der Waals surface area contributed by atoms with Gasteiger partial charge in [-0.15, -0.1) is 0 Å². The van der Waals surface area contributed by atoms with Crippen LogP contribution >= 0.6 is 0 Å². The van der Waals surface area contributed by atoms with E-state index in [1.54, 1.807) is 0 Å². The molecule has 0 spiro atoms. The highest BCUT2D eigenvalue weighted by Crippen LogP contribution is 2.33. The Morgan fingerprint density at radius 3 is 1.47 bits per heavy atom. The van der Waals surface area contributed by atoms with Gasteiger partial charge in [0.25, 0.3) is 0 Å². The van der Waals surface area contributed by atoms with Gasteiger partial charge in [-0.1, -0.05) is 0 Å². The third kappa shape index (κ3) is 1.80. The molecule has 0 aromatic rings. The Labute approximate surface area is 108 Å². The van der Waals surface area contributed by atoms with Crippen LogP contribution in [0.25, 0.3) is 0 Å². The first-order chi connectivity index (χ1) is 9.12. The van der Waals surface area contributed by atoms with Crippen molar-refractivity contribution >= 4 is 12.1 Å². The molecule has 19 heavy (non-hydrogen) atoms. The minimum absolute atomic E-state index is 0.0421. The topological polar surface area (TPSA) is 128 Å². The monoisotopic (exact) mass is 276 g/mol. The van der Waals surface area contributed by atoms with E-state index in [0.717, 1.165) is 14.7 Å². The molecule has 4 amide bonds. The van der Waals surface area contributed by atoms with Gasteiger partial charge in [-0.2, -0.15) is 0 Å². The highest BCUT2D eigenvalue weighted by Gasteiger charge is 2.58. The van der Waals surface area contributed by atoms with Crippen LogP contribution in [0.15, 0.2) is 0 Å². The summed E-state index contributed by atoms with van der Waals surface area (Å²) >= 11 is 0. The minimum Gasteiger partial charge on any atom is -0.395 e. The van der Waals surface area contributed by atoms with Crippen molar-refractivity contribution in [3.05, 3.63) is 0 Å². The molecule has 2 fully saturated rings. The molecule has 108 valence electrons. The predicted octanol–water partition coefficient (Wildman–Crippen LogP) is -3.04. The summed E-state index contributed by atoms with van der Waals surface area (Å²) in [5, 5.41) is 36.7. The summed E-state index contributed by atoms with van der Waals surface area (Å²) in [4.78, 5) is 28.1. The molecule has 2 aliphatic rings. The number of nitrogens with zero attached hydrogens (tertiary/aromatic N) is 4. The normalized spacial score (nSPS) is 26.7. The van der Waals surface area contributed by atoms with Crippen molar-refractivity contribution in [2.75, 3.05) is 33.3 Å². The molecule has 0 radical (unpaired) electrons. The molecule has 2 rings (SSSR count). The molecule has 10 nitrogen and oxygen atoms in total. The zero-order valence-corrected chi connectivity index (χ0v) is 10.1. The molecule has 0 aromatic carbocycles. The van der Waals surface area contributed by atoms with Gasteiger partial charge in [0.15, 0.2) is 12.3 Å². The summed E-state index contributed by atoms with van der Waals surface area (Å²) in [6.45, 7) is -2.27. The molecule has 10 heteroatoms. The van der Waals surface area contributed by atoms with E-state index in [1.807, 2.05) is 0 Å². The van der Waals surface area contributed by atoms with E-state index in [4.69, 9.17) is 5.11 Å². The van der Waals surface area contributed by atoms with Crippen LogP contribution in [-0.4, -0.2) is 97.8 Å². The number of aliphatic hydroxyl groups excluding tert-OH is 4. The Morgan fingerprint density at radius 2 is 1.11 bits per heavy atom. The van der Waals surface area contributed by atoms with Gasteiger partial charge in [-0.25, -0.2) is 9.59 Å². The second kappa shape index (κ2) is 5.17. The predicted molar refractivity (Wildman–Crippen MR) is 58.9 cm³/mol. The number of β-amino-alcohol motifs (C(OH)–C–C–N with tert-alkyl or cyclic N) is 1. The van der Waals surface area contributed by atoms with Gasteiger partial charge in [0.1, 0.15) is 20.2 Å². The molecular weight excluding hydrogens is 260 g/mol. The molecule has 2 unspecified atom stereocenters. The largest absolute Gasteiger partial charge is 0.395 e. The number of carbonyl (C=O) groups excluding carboxylic acids is 2. The summed E-state index contributed by atoms with van der Waals surface area (Å²) in [5.74, 6) is 0. The smallest absolute Gasteiger partial charge is 0.327 e. The van der Waals surface area contributed by atoms with Crippen LogP contribution in [-0.2, 0) is 0 Å².